The van der Waals surface area contributed by atoms with Crippen molar-refractivity contribution >= 4 is 6.08 Å². The molecule has 1 aliphatic rings. The molecule has 1 nitrogen and oxygen atoms in total. The largest absolute Gasteiger partial charge is 0.308 e. The van der Waals surface area contributed by atoms with Crippen LogP contribution < -0.4 is 5.32 Å². The highest BCUT2D eigenvalue weighted by atomic mass is 19.1. The van der Waals surface area contributed by atoms with Crippen LogP contribution in [0.2, 0.25) is 0 Å². The van der Waals surface area contributed by atoms with Gasteiger partial charge < -0.3 is 5.32 Å². The molecular formula is C19H28FN. The summed E-state index contributed by atoms with van der Waals surface area (Å²) >= 11 is 0. The Hall–Kier alpha value is -1.15. The summed E-state index contributed by atoms with van der Waals surface area (Å²) in [5.74, 6) is 0.512. The van der Waals surface area contributed by atoms with Crippen molar-refractivity contribution in [1.29, 1.82) is 0 Å². The molecule has 1 N–H and O–H groups in total. The highest BCUT2D eigenvalue weighted by molar-refractivity contribution is 5.53. The van der Waals surface area contributed by atoms with Gasteiger partial charge in [-0.25, -0.2) is 4.39 Å². The van der Waals surface area contributed by atoms with E-state index in [9.17, 15) is 4.39 Å². The van der Waals surface area contributed by atoms with E-state index in [4.69, 9.17) is 0 Å². The molecule has 1 fully saturated rings. The van der Waals surface area contributed by atoms with Gasteiger partial charge in [0.1, 0.15) is 5.82 Å². The van der Waals surface area contributed by atoms with Crippen LogP contribution in [-0.2, 0) is 0 Å². The first kappa shape index (κ1) is 16.2. The summed E-state index contributed by atoms with van der Waals surface area (Å²) in [7, 11) is 0. The van der Waals surface area contributed by atoms with Gasteiger partial charge in [0, 0.05) is 12.1 Å². The molecule has 0 bridgehead atoms. The number of hydrogen-bond donors (Lipinski definition) is 1. The van der Waals surface area contributed by atoms with Gasteiger partial charge in [-0.1, -0.05) is 43.0 Å². The molecule has 1 saturated carbocycles. The first-order valence-electron chi connectivity index (χ1n) is 8.15. The summed E-state index contributed by atoms with van der Waals surface area (Å²) in [6, 6.07) is 6.83. The van der Waals surface area contributed by atoms with Gasteiger partial charge in [-0.2, -0.15) is 0 Å². The average molecular weight is 289 g/mol. The molecule has 0 aliphatic heterocycles. The lowest BCUT2D eigenvalue weighted by Gasteiger charge is -2.28. The molecule has 1 aliphatic carbocycles. The van der Waals surface area contributed by atoms with E-state index in [2.05, 4.69) is 32.2 Å². The standard InChI is InChI=1S/C19H28FN/c1-19(2,3)21-14-17(16-7-5-4-6-8-16)13-15-9-11-18(20)12-10-15/h9-13,16,21H,4-8,14H2,1-3H3/b17-13-. The Kier molecular flexibility index (Phi) is 5.58. The van der Waals surface area contributed by atoms with E-state index in [1.807, 2.05) is 12.1 Å². The van der Waals surface area contributed by atoms with Gasteiger partial charge in [0.15, 0.2) is 0 Å². The fourth-order valence-electron chi connectivity index (χ4n) is 2.93. The van der Waals surface area contributed by atoms with Crippen molar-refractivity contribution in [1.82, 2.24) is 5.32 Å². The van der Waals surface area contributed by atoms with Crippen LogP contribution in [-0.4, -0.2) is 12.1 Å². The van der Waals surface area contributed by atoms with Crippen LogP contribution in [0.1, 0.15) is 58.4 Å². The number of hydrogen-bond acceptors (Lipinski definition) is 1. The van der Waals surface area contributed by atoms with Crippen LogP contribution in [0, 0.1) is 11.7 Å². The predicted octanol–water partition coefficient (Wildman–Crippen LogP) is 5.18. The van der Waals surface area contributed by atoms with E-state index in [1.54, 1.807) is 12.1 Å². The highest BCUT2D eigenvalue weighted by Gasteiger charge is 2.19. The lowest BCUT2D eigenvalue weighted by molar-refractivity contribution is 0.378. The summed E-state index contributed by atoms with van der Waals surface area (Å²) < 4.78 is 13.1. The van der Waals surface area contributed by atoms with Crippen molar-refractivity contribution in [2.45, 2.75) is 58.4 Å². The highest BCUT2D eigenvalue weighted by Crippen LogP contribution is 2.30. The Morgan fingerprint density at radius 1 is 1.14 bits per heavy atom. The van der Waals surface area contributed by atoms with E-state index in [1.165, 1.54) is 37.7 Å². The van der Waals surface area contributed by atoms with Crippen LogP contribution in [0.3, 0.4) is 0 Å². The molecule has 0 atom stereocenters. The predicted molar refractivity (Wildman–Crippen MR) is 88.7 cm³/mol. The quantitative estimate of drug-likeness (QED) is 0.805. The number of halogens is 1. The van der Waals surface area contributed by atoms with E-state index in [0.29, 0.717) is 5.92 Å². The molecular weight excluding hydrogens is 261 g/mol. The van der Waals surface area contributed by atoms with Crippen LogP contribution in [0.4, 0.5) is 4.39 Å². The fraction of sp³-hybridized carbons (Fsp3) is 0.579. The van der Waals surface area contributed by atoms with Crippen molar-refractivity contribution < 1.29 is 4.39 Å². The summed E-state index contributed by atoms with van der Waals surface area (Å²) in [6.07, 6.45) is 8.88. The van der Waals surface area contributed by atoms with Crippen LogP contribution in [0.25, 0.3) is 6.08 Å². The Labute approximate surface area is 128 Å². The summed E-state index contributed by atoms with van der Waals surface area (Å²) in [6.45, 7) is 7.52. The lowest BCUT2D eigenvalue weighted by Crippen LogP contribution is -2.38. The minimum Gasteiger partial charge on any atom is -0.308 e. The smallest absolute Gasteiger partial charge is 0.123 e. The molecule has 0 radical (unpaired) electrons. The monoisotopic (exact) mass is 289 g/mol. The zero-order chi connectivity index (χ0) is 15.3. The zero-order valence-corrected chi connectivity index (χ0v) is 13.6. The molecule has 1 aromatic rings. The minimum absolute atomic E-state index is 0.122. The fourth-order valence-corrected chi connectivity index (χ4v) is 2.93. The van der Waals surface area contributed by atoms with Crippen molar-refractivity contribution in [3.63, 3.8) is 0 Å². The second-order valence-corrected chi connectivity index (χ2v) is 7.21. The van der Waals surface area contributed by atoms with Gasteiger partial charge in [0.05, 0.1) is 0 Å². The molecule has 0 aromatic heterocycles. The third-order valence-electron chi connectivity index (χ3n) is 4.17. The Morgan fingerprint density at radius 3 is 2.33 bits per heavy atom. The van der Waals surface area contributed by atoms with Crippen molar-refractivity contribution in [3.8, 4) is 0 Å². The third-order valence-corrected chi connectivity index (χ3v) is 4.17. The Morgan fingerprint density at radius 2 is 1.76 bits per heavy atom. The molecule has 0 amide bonds. The maximum Gasteiger partial charge on any atom is 0.123 e. The Bertz CT molecular complexity index is 461. The topological polar surface area (TPSA) is 12.0 Å². The van der Waals surface area contributed by atoms with Crippen LogP contribution >= 0.6 is 0 Å². The van der Waals surface area contributed by atoms with E-state index in [-0.39, 0.29) is 11.4 Å². The third kappa shape index (κ3) is 5.62. The normalized spacial score (nSPS) is 18.0. The molecule has 1 aromatic carbocycles. The minimum atomic E-state index is -0.167. The van der Waals surface area contributed by atoms with E-state index in [0.717, 1.165) is 12.1 Å². The zero-order valence-electron chi connectivity index (χ0n) is 13.6. The second kappa shape index (κ2) is 7.22. The Balaban J connectivity index is 2.15. The second-order valence-electron chi connectivity index (χ2n) is 7.21. The van der Waals surface area contributed by atoms with Gasteiger partial charge in [-0.05, 0) is 57.2 Å². The van der Waals surface area contributed by atoms with Gasteiger partial charge in [0.2, 0.25) is 0 Å². The van der Waals surface area contributed by atoms with Crippen LogP contribution in [0.5, 0.6) is 0 Å². The van der Waals surface area contributed by atoms with Crippen LogP contribution in [0.15, 0.2) is 29.8 Å². The van der Waals surface area contributed by atoms with Gasteiger partial charge >= 0.3 is 0 Å². The molecule has 0 unspecified atom stereocenters. The van der Waals surface area contributed by atoms with Crippen molar-refractivity contribution in [2.75, 3.05) is 6.54 Å². The maximum absolute atomic E-state index is 13.1. The number of benzene rings is 1. The van der Waals surface area contributed by atoms with E-state index >= 15 is 0 Å². The average Bonchev–Trinajstić information content (AvgIpc) is 2.45. The van der Waals surface area contributed by atoms with Crippen molar-refractivity contribution in [3.05, 3.63) is 41.2 Å². The summed E-state index contributed by atoms with van der Waals surface area (Å²) in [5, 5.41) is 3.61. The van der Waals surface area contributed by atoms with Gasteiger partial charge in [-0.15, -0.1) is 0 Å². The van der Waals surface area contributed by atoms with Gasteiger partial charge in [-0.3, -0.25) is 0 Å². The van der Waals surface area contributed by atoms with E-state index < -0.39 is 0 Å². The lowest BCUT2D eigenvalue weighted by atomic mass is 9.82. The van der Waals surface area contributed by atoms with Gasteiger partial charge in [0.25, 0.3) is 0 Å². The molecule has 2 heteroatoms. The maximum atomic E-state index is 13.1. The molecule has 116 valence electrons. The first-order valence-corrected chi connectivity index (χ1v) is 8.15. The SMILES string of the molecule is CC(C)(C)NC/C(=C/c1ccc(F)cc1)C1CCCCC1. The molecule has 0 spiro atoms. The first-order chi connectivity index (χ1) is 9.94. The summed E-state index contributed by atoms with van der Waals surface area (Å²) in [5.41, 5.74) is 2.69. The molecule has 0 heterocycles. The number of rotatable bonds is 4. The molecule has 21 heavy (non-hydrogen) atoms. The summed E-state index contributed by atoms with van der Waals surface area (Å²) in [4.78, 5) is 0. The molecule has 0 saturated heterocycles. The van der Waals surface area contributed by atoms with Crippen molar-refractivity contribution in [2.24, 2.45) is 5.92 Å². The molecule has 2 rings (SSSR count). The number of nitrogens with one attached hydrogen (secondary N) is 1.